The zero-order chi connectivity index (χ0) is 15.5. The zero-order valence-corrected chi connectivity index (χ0v) is 12.5. The first-order chi connectivity index (χ1) is 9.87. The van der Waals surface area contributed by atoms with Crippen LogP contribution in [0.25, 0.3) is 0 Å². The number of amides is 1. The molecule has 21 heavy (non-hydrogen) atoms. The SMILES string of the molecule is CC(C)(O)CN1CCN(Cc2cc(C(=O)NN)no2)CC1. The lowest BCUT2D eigenvalue weighted by atomic mass is 10.1. The van der Waals surface area contributed by atoms with Crippen LogP contribution >= 0.6 is 0 Å². The minimum Gasteiger partial charge on any atom is -0.389 e. The first-order valence-electron chi connectivity index (χ1n) is 7.01. The van der Waals surface area contributed by atoms with E-state index in [4.69, 9.17) is 10.4 Å². The van der Waals surface area contributed by atoms with Crippen LogP contribution in [0.5, 0.6) is 0 Å². The van der Waals surface area contributed by atoms with Crippen molar-refractivity contribution in [2.45, 2.75) is 26.0 Å². The number of nitrogen functional groups attached to an aromatic ring is 1. The Kier molecular flexibility index (Phi) is 4.94. The van der Waals surface area contributed by atoms with Crippen molar-refractivity contribution in [2.24, 2.45) is 5.84 Å². The molecule has 1 amide bonds. The van der Waals surface area contributed by atoms with E-state index >= 15 is 0 Å². The van der Waals surface area contributed by atoms with Gasteiger partial charge in [0.2, 0.25) is 0 Å². The summed E-state index contributed by atoms with van der Waals surface area (Å²) in [5, 5.41) is 13.5. The normalized spacial score (nSPS) is 17.9. The lowest BCUT2D eigenvalue weighted by molar-refractivity contribution is 0.0155. The van der Waals surface area contributed by atoms with Crippen LogP contribution in [0.1, 0.15) is 30.1 Å². The van der Waals surface area contributed by atoms with E-state index < -0.39 is 11.5 Å². The second kappa shape index (κ2) is 6.52. The van der Waals surface area contributed by atoms with Crippen LogP contribution in [0, 0.1) is 0 Å². The van der Waals surface area contributed by atoms with Crippen LogP contribution in [-0.2, 0) is 6.54 Å². The first-order valence-corrected chi connectivity index (χ1v) is 7.01. The van der Waals surface area contributed by atoms with Gasteiger partial charge in [0.15, 0.2) is 11.5 Å². The summed E-state index contributed by atoms with van der Waals surface area (Å²) >= 11 is 0. The summed E-state index contributed by atoms with van der Waals surface area (Å²) in [4.78, 5) is 15.8. The predicted molar refractivity (Wildman–Crippen MR) is 76.2 cm³/mol. The highest BCUT2D eigenvalue weighted by Gasteiger charge is 2.23. The second-order valence-electron chi connectivity index (χ2n) is 6.02. The van der Waals surface area contributed by atoms with Crippen molar-refractivity contribution in [3.05, 3.63) is 17.5 Å². The third-order valence-electron chi connectivity index (χ3n) is 3.38. The molecule has 1 aliphatic heterocycles. The van der Waals surface area contributed by atoms with E-state index in [2.05, 4.69) is 15.0 Å². The van der Waals surface area contributed by atoms with Crippen LogP contribution < -0.4 is 11.3 Å². The zero-order valence-electron chi connectivity index (χ0n) is 12.5. The number of rotatable bonds is 5. The van der Waals surface area contributed by atoms with E-state index in [-0.39, 0.29) is 5.69 Å². The number of nitrogens with one attached hydrogen (secondary N) is 1. The quantitative estimate of drug-likeness (QED) is 0.370. The number of aliphatic hydroxyl groups is 1. The Bertz CT molecular complexity index is 474. The Labute approximate surface area is 123 Å². The third-order valence-corrected chi connectivity index (χ3v) is 3.38. The summed E-state index contributed by atoms with van der Waals surface area (Å²) in [6, 6.07) is 1.60. The number of hydrazine groups is 1. The Hall–Kier alpha value is -1.48. The van der Waals surface area contributed by atoms with Gasteiger partial charge >= 0.3 is 0 Å². The van der Waals surface area contributed by atoms with Gasteiger partial charge in [-0.15, -0.1) is 0 Å². The molecule has 1 aliphatic rings. The molecule has 8 heteroatoms. The van der Waals surface area contributed by atoms with Crippen LogP contribution in [0.15, 0.2) is 10.6 Å². The summed E-state index contributed by atoms with van der Waals surface area (Å²) in [6.07, 6.45) is 0. The van der Waals surface area contributed by atoms with Gasteiger partial charge in [-0.05, 0) is 13.8 Å². The molecule has 0 unspecified atom stereocenters. The van der Waals surface area contributed by atoms with Crippen molar-refractivity contribution < 1.29 is 14.4 Å². The van der Waals surface area contributed by atoms with Gasteiger partial charge < -0.3 is 9.63 Å². The van der Waals surface area contributed by atoms with Crippen LogP contribution in [0.2, 0.25) is 0 Å². The van der Waals surface area contributed by atoms with Crippen molar-refractivity contribution >= 4 is 5.91 Å². The molecule has 1 saturated heterocycles. The Morgan fingerprint density at radius 2 is 2.05 bits per heavy atom. The summed E-state index contributed by atoms with van der Waals surface area (Å²) in [6.45, 7) is 8.48. The lowest BCUT2D eigenvalue weighted by Crippen LogP contribution is -2.50. The summed E-state index contributed by atoms with van der Waals surface area (Å²) < 4.78 is 5.14. The van der Waals surface area contributed by atoms with Crippen molar-refractivity contribution in [1.29, 1.82) is 0 Å². The maximum absolute atomic E-state index is 11.3. The average Bonchev–Trinajstić information content (AvgIpc) is 2.87. The molecule has 0 aliphatic carbocycles. The molecule has 0 atom stereocenters. The predicted octanol–water partition coefficient (Wildman–Crippen LogP) is -0.833. The topological polar surface area (TPSA) is 108 Å². The van der Waals surface area contributed by atoms with Gasteiger partial charge in [-0.1, -0.05) is 5.16 Å². The molecule has 4 N–H and O–H groups in total. The second-order valence-corrected chi connectivity index (χ2v) is 6.02. The number of carbonyl (C=O) groups excluding carboxylic acids is 1. The summed E-state index contributed by atoms with van der Waals surface area (Å²) in [7, 11) is 0. The minimum atomic E-state index is -0.669. The van der Waals surface area contributed by atoms with Crippen molar-refractivity contribution in [3.8, 4) is 0 Å². The third kappa shape index (κ3) is 4.78. The molecule has 0 spiro atoms. The number of aromatic nitrogens is 1. The Morgan fingerprint density at radius 3 is 2.62 bits per heavy atom. The molecule has 1 fully saturated rings. The summed E-state index contributed by atoms with van der Waals surface area (Å²) in [5.74, 6) is 5.23. The van der Waals surface area contributed by atoms with E-state index in [1.807, 2.05) is 19.3 Å². The highest BCUT2D eigenvalue weighted by molar-refractivity contribution is 5.91. The van der Waals surface area contributed by atoms with Gasteiger partial charge in [0.1, 0.15) is 0 Å². The number of β-amino-alcohol motifs (C(OH)–C–C–N with tert-alkyl or cyclic N) is 1. The highest BCUT2D eigenvalue weighted by Crippen LogP contribution is 2.12. The van der Waals surface area contributed by atoms with Gasteiger partial charge in [0.05, 0.1) is 12.1 Å². The van der Waals surface area contributed by atoms with E-state index in [9.17, 15) is 9.90 Å². The number of nitrogens with zero attached hydrogens (tertiary/aromatic N) is 3. The van der Waals surface area contributed by atoms with E-state index in [0.29, 0.717) is 18.8 Å². The summed E-state index contributed by atoms with van der Waals surface area (Å²) in [5.41, 5.74) is 1.54. The fourth-order valence-corrected chi connectivity index (χ4v) is 2.44. The molecular weight excluding hydrogens is 274 g/mol. The van der Waals surface area contributed by atoms with Gasteiger partial charge in [-0.3, -0.25) is 20.0 Å². The molecule has 1 aromatic rings. The average molecular weight is 297 g/mol. The Morgan fingerprint density at radius 1 is 1.43 bits per heavy atom. The molecule has 2 heterocycles. The van der Waals surface area contributed by atoms with E-state index in [0.717, 1.165) is 26.2 Å². The Balaban J connectivity index is 1.81. The fourth-order valence-electron chi connectivity index (χ4n) is 2.44. The molecule has 0 radical (unpaired) electrons. The maximum atomic E-state index is 11.3. The minimum absolute atomic E-state index is 0.188. The standard InChI is InChI=1S/C13H23N5O3/c1-13(2,20)9-18-5-3-17(4-6-18)8-10-7-11(16-21-10)12(19)15-14/h7,20H,3-6,8-9,14H2,1-2H3,(H,15,19). The largest absolute Gasteiger partial charge is 0.389 e. The molecule has 2 rings (SSSR count). The smallest absolute Gasteiger partial charge is 0.287 e. The van der Waals surface area contributed by atoms with Crippen molar-refractivity contribution in [3.63, 3.8) is 0 Å². The van der Waals surface area contributed by atoms with Gasteiger partial charge in [-0.25, -0.2) is 5.84 Å². The van der Waals surface area contributed by atoms with Crippen molar-refractivity contribution in [1.82, 2.24) is 20.4 Å². The van der Waals surface area contributed by atoms with Crippen LogP contribution in [0.4, 0.5) is 0 Å². The molecule has 0 saturated carbocycles. The number of piperazine rings is 1. The molecule has 0 aromatic carbocycles. The van der Waals surface area contributed by atoms with E-state index in [1.165, 1.54) is 0 Å². The van der Waals surface area contributed by atoms with Crippen LogP contribution in [0.3, 0.4) is 0 Å². The molecular formula is C13H23N5O3. The molecule has 0 bridgehead atoms. The van der Waals surface area contributed by atoms with Crippen molar-refractivity contribution in [2.75, 3.05) is 32.7 Å². The number of nitrogens with two attached hydrogens (primary N) is 1. The van der Waals surface area contributed by atoms with E-state index in [1.54, 1.807) is 6.07 Å². The highest BCUT2D eigenvalue weighted by atomic mass is 16.5. The van der Waals surface area contributed by atoms with Gasteiger partial charge in [0.25, 0.3) is 5.91 Å². The number of hydrogen-bond donors (Lipinski definition) is 3. The lowest BCUT2D eigenvalue weighted by Gasteiger charge is -2.36. The van der Waals surface area contributed by atoms with Crippen LogP contribution in [-0.4, -0.2) is 64.3 Å². The molecule has 118 valence electrons. The molecule has 1 aromatic heterocycles. The first kappa shape index (κ1) is 15.9. The van der Waals surface area contributed by atoms with Gasteiger partial charge in [-0.2, -0.15) is 0 Å². The number of carbonyl (C=O) groups is 1. The van der Waals surface area contributed by atoms with Gasteiger partial charge in [0, 0.05) is 38.8 Å². The fraction of sp³-hybridized carbons (Fsp3) is 0.692. The maximum Gasteiger partial charge on any atom is 0.287 e. The number of hydrogen-bond acceptors (Lipinski definition) is 7. The molecule has 8 nitrogen and oxygen atoms in total. The monoisotopic (exact) mass is 297 g/mol.